The molecule has 1 unspecified atom stereocenters. The van der Waals surface area contributed by atoms with Crippen molar-refractivity contribution in [3.8, 4) is 0 Å². The number of hydrogen-bond acceptors (Lipinski definition) is 2. The second-order valence-electron chi connectivity index (χ2n) is 2.40. The molecular formula is C10H9NaO2S. The summed E-state index contributed by atoms with van der Waals surface area (Å²) < 4.78 is 21.5. The van der Waals surface area contributed by atoms with Gasteiger partial charge in [0.1, 0.15) is 0 Å². The van der Waals surface area contributed by atoms with Gasteiger partial charge in [0.25, 0.3) is 0 Å². The van der Waals surface area contributed by atoms with Crippen molar-refractivity contribution in [2.24, 2.45) is 0 Å². The second-order valence-corrected chi connectivity index (χ2v) is 3.31. The summed E-state index contributed by atoms with van der Waals surface area (Å²) >= 11 is -2.22. The van der Waals surface area contributed by atoms with E-state index in [1.54, 1.807) is 18.2 Å². The van der Waals surface area contributed by atoms with Gasteiger partial charge in [-0.3, -0.25) is 4.21 Å². The van der Waals surface area contributed by atoms with Gasteiger partial charge in [-0.2, -0.15) is 0 Å². The fourth-order valence-corrected chi connectivity index (χ4v) is 1.67. The summed E-state index contributed by atoms with van der Waals surface area (Å²) in [5.74, 6) is 0. The van der Waals surface area contributed by atoms with Crippen LogP contribution in [-0.4, -0.2) is 8.76 Å². The first-order chi connectivity index (χ1) is 6.20. The molecule has 0 saturated heterocycles. The molecule has 4 heteroatoms. The van der Waals surface area contributed by atoms with E-state index in [4.69, 9.17) is 0 Å². The van der Waals surface area contributed by atoms with Gasteiger partial charge in [-0.15, -0.1) is 0 Å². The largest absolute Gasteiger partial charge is 1.00 e. The Balaban J connectivity index is 0.00000169. The molecule has 0 amide bonds. The average Bonchev–Trinajstić information content (AvgIpc) is 2.16. The van der Waals surface area contributed by atoms with Crippen LogP contribution in [0.15, 0.2) is 36.3 Å². The van der Waals surface area contributed by atoms with Crippen LogP contribution in [0.3, 0.4) is 0 Å². The number of benzene rings is 1. The fourth-order valence-electron chi connectivity index (χ4n) is 1.10. The Kier molecular flexibility index (Phi) is 6.24. The van der Waals surface area contributed by atoms with Gasteiger partial charge < -0.3 is 4.55 Å². The molecule has 1 rings (SSSR count). The molecule has 0 N–H and O–H groups in total. The molecule has 0 fully saturated rings. The van der Waals surface area contributed by atoms with Gasteiger partial charge in [-0.25, -0.2) is 0 Å². The summed E-state index contributed by atoms with van der Waals surface area (Å²) in [6.45, 7) is 7.15. The zero-order valence-corrected chi connectivity index (χ0v) is 10.8. The van der Waals surface area contributed by atoms with Crippen molar-refractivity contribution in [3.63, 3.8) is 0 Å². The first kappa shape index (κ1) is 13.8. The van der Waals surface area contributed by atoms with Crippen molar-refractivity contribution >= 4 is 23.2 Å². The third-order valence-corrected chi connectivity index (χ3v) is 2.42. The van der Waals surface area contributed by atoms with Crippen molar-refractivity contribution in [3.05, 3.63) is 42.5 Å². The zero-order valence-electron chi connectivity index (χ0n) is 8.03. The predicted molar refractivity (Wildman–Crippen MR) is 53.8 cm³/mol. The van der Waals surface area contributed by atoms with Crippen molar-refractivity contribution < 1.29 is 38.3 Å². The van der Waals surface area contributed by atoms with Crippen LogP contribution in [0.5, 0.6) is 0 Å². The van der Waals surface area contributed by atoms with Gasteiger partial charge in [0.05, 0.1) is 0 Å². The predicted octanol–water partition coefficient (Wildman–Crippen LogP) is -0.785. The van der Waals surface area contributed by atoms with Gasteiger partial charge in [-0.05, 0) is 28.3 Å². The molecule has 0 aromatic heterocycles. The minimum atomic E-state index is -2.22. The molecule has 0 radical (unpaired) electrons. The monoisotopic (exact) mass is 216 g/mol. The van der Waals surface area contributed by atoms with Gasteiger partial charge in [-0.1, -0.05) is 37.4 Å². The maximum Gasteiger partial charge on any atom is 1.00 e. The van der Waals surface area contributed by atoms with Crippen LogP contribution in [0.25, 0.3) is 12.2 Å². The van der Waals surface area contributed by atoms with Crippen molar-refractivity contribution in [2.75, 3.05) is 0 Å². The summed E-state index contributed by atoms with van der Waals surface area (Å²) in [4.78, 5) is 0.257. The fraction of sp³-hybridized carbons (Fsp3) is 0. The Labute approximate surface area is 108 Å². The van der Waals surface area contributed by atoms with Gasteiger partial charge >= 0.3 is 29.6 Å². The number of rotatable bonds is 3. The van der Waals surface area contributed by atoms with E-state index >= 15 is 0 Å². The van der Waals surface area contributed by atoms with Crippen LogP contribution in [-0.2, 0) is 11.1 Å². The van der Waals surface area contributed by atoms with E-state index in [0.717, 1.165) is 5.56 Å². The molecule has 68 valence electrons. The standard InChI is InChI=1S/C10H10O2S.Na/c1-3-8-6-5-7-10(13(11)12)9(8)4-2;/h3-7H,1-2H2,(H,11,12);/q;+1/p-1. The average molecular weight is 216 g/mol. The van der Waals surface area contributed by atoms with Gasteiger partial charge in [0.15, 0.2) is 0 Å². The van der Waals surface area contributed by atoms with Crippen molar-refractivity contribution in [1.29, 1.82) is 0 Å². The molecule has 0 heterocycles. The molecule has 0 aliphatic heterocycles. The van der Waals surface area contributed by atoms with E-state index in [0.29, 0.717) is 5.56 Å². The Morgan fingerprint density at radius 3 is 2.36 bits per heavy atom. The minimum absolute atomic E-state index is 0. The zero-order chi connectivity index (χ0) is 9.84. The van der Waals surface area contributed by atoms with E-state index in [1.165, 1.54) is 12.1 Å². The molecule has 0 saturated carbocycles. The maximum absolute atomic E-state index is 10.8. The smallest absolute Gasteiger partial charge is 0.768 e. The van der Waals surface area contributed by atoms with Crippen LogP contribution < -0.4 is 29.6 Å². The SMILES string of the molecule is C=Cc1cccc(S(=O)[O-])c1C=C.[Na+]. The summed E-state index contributed by atoms with van der Waals surface area (Å²) in [6, 6.07) is 5.00. The Bertz CT molecular complexity index is 374. The first-order valence-corrected chi connectivity index (χ1v) is 4.75. The maximum atomic E-state index is 10.8. The van der Waals surface area contributed by atoms with Crippen LogP contribution in [0.1, 0.15) is 11.1 Å². The van der Waals surface area contributed by atoms with Crippen LogP contribution in [0, 0.1) is 0 Å². The van der Waals surface area contributed by atoms with E-state index in [1.807, 2.05) is 0 Å². The third kappa shape index (κ3) is 2.90. The molecule has 14 heavy (non-hydrogen) atoms. The van der Waals surface area contributed by atoms with Gasteiger partial charge in [0, 0.05) is 4.90 Å². The summed E-state index contributed by atoms with van der Waals surface area (Å²) in [6.07, 6.45) is 3.12. The molecule has 1 aromatic rings. The van der Waals surface area contributed by atoms with Crippen LogP contribution in [0.4, 0.5) is 0 Å². The van der Waals surface area contributed by atoms with Gasteiger partial charge in [0.2, 0.25) is 0 Å². The minimum Gasteiger partial charge on any atom is -0.768 e. The molecule has 0 aliphatic carbocycles. The number of hydrogen-bond donors (Lipinski definition) is 0. The Morgan fingerprint density at radius 1 is 1.29 bits per heavy atom. The molecule has 0 bridgehead atoms. The van der Waals surface area contributed by atoms with Crippen molar-refractivity contribution in [2.45, 2.75) is 4.90 Å². The van der Waals surface area contributed by atoms with Crippen molar-refractivity contribution in [1.82, 2.24) is 0 Å². The topological polar surface area (TPSA) is 40.1 Å². The summed E-state index contributed by atoms with van der Waals surface area (Å²) in [5.41, 5.74) is 1.38. The molecule has 1 atom stereocenters. The summed E-state index contributed by atoms with van der Waals surface area (Å²) in [5, 5.41) is 0. The van der Waals surface area contributed by atoms with E-state index in [2.05, 4.69) is 13.2 Å². The van der Waals surface area contributed by atoms with Crippen LogP contribution in [0.2, 0.25) is 0 Å². The first-order valence-electron chi connectivity index (χ1n) is 3.68. The van der Waals surface area contributed by atoms with Crippen LogP contribution >= 0.6 is 0 Å². The van der Waals surface area contributed by atoms with E-state index in [-0.39, 0.29) is 34.5 Å². The third-order valence-electron chi connectivity index (χ3n) is 1.70. The molecule has 0 spiro atoms. The molecule has 2 nitrogen and oxygen atoms in total. The van der Waals surface area contributed by atoms with E-state index in [9.17, 15) is 8.76 Å². The Hall–Kier alpha value is -0.190. The second kappa shape index (κ2) is 6.32. The molecular weight excluding hydrogens is 207 g/mol. The molecule has 0 aliphatic rings. The Morgan fingerprint density at radius 2 is 1.93 bits per heavy atom. The molecule has 1 aromatic carbocycles. The quantitative estimate of drug-likeness (QED) is 0.491. The van der Waals surface area contributed by atoms with E-state index < -0.39 is 11.1 Å². The summed E-state index contributed by atoms with van der Waals surface area (Å²) in [7, 11) is 0. The normalized spacial score (nSPS) is 11.2.